The van der Waals surface area contributed by atoms with E-state index in [0.29, 0.717) is 4.83 Å². The highest BCUT2D eigenvalue weighted by Gasteiger charge is 2.07. The van der Waals surface area contributed by atoms with E-state index in [2.05, 4.69) is 57.9 Å². The van der Waals surface area contributed by atoms with Gasteiger partial charge >= 0.3 is 0 Å². The van der Waals surface area contributed by atoms with Gasteiger partial charge in [0, 0.05) is 22.8 Å². The fourth-order valence-corrected chi connectivity index (χ4v) is 2.15. The minimum Gasteiger partial charge on any atom is -0.237 e. The van der Waals surface area contributed by atoms with E-state index in [1.54, 1.807) is 12.4 Å². The molecule has 82 valence electrons. The van der Waals surface area contributed by atoms with Crippen LogP contribution >= 0.6 is 15.9 Å². The largest absolute Gasteiger partial charge is 0.237 e. The summed E-state index contributed by atoms with van der Waals surface area (Å²) in [5.41, 5.74) is 3.63. The molecule has 0 saturated heterocycles. The van der Waals surface area contributed by atoms with Gasteiger partial charge in [0.15, 0.2) is 5.82 Å². The molecule has 1 atom stereocenters. The standard InChI is InChI=1S/C13H13BrN2/c1-9-4-5-11(8-12(9)10(2)14)13-15-6-3-7-16-13/h3-8,10H,1-2H3. The molecule has 0 fully saturated rings. The van der Waals surface area contributed by atoms with E-state index in [1.165, 1.54) is 11.1 Å². The molecule has 2 rings (SSSR count). The molecule has 0 amide bonds. The first-order valence-electron chi connectivity index (χ1n) is 5.20. The molecule has 2 nitrogen and oxygen atoms in total. The lowest BCUT2D eigenvalue weighted by molar-refractivity contribution is 1.09. The van der Waals surface area contributed by atoms with Crippen LogP contribution in [0.15, 0.2) is 36.7 Å². The molecular formula is C13H13BrN2. The van der Waals surface area contributed by atoms with E-state index in [0.717, 1.165) is 11.4 Å². The molecule has 1 aromatic carbocycles. The van der Waals surface area contributed by atoms with Gasteiger partial charge in [0.1, 0.15) is 0 Å². The number of aryl methyl sites for hydroxylation is 1. The van der Waals surface area contributed by atoms with Crippen LogP contribution in [0.2, 0.25) is 0 Å². The molecule has 0 spiro atoms. The Morgan fingerprint density at radius 2 is 1.88 bits per heavy atom. The zero-order chi connectivity index (χ0) is 11.5. The fourth-order valence-electron chi connectivity index (χ4n) is 1.66. The summed E-state index contributed by atoms with van der Waals surface area (Å²) in [4.78, 5) is 8.85. The van der Waals surface area contributed by atoms with Crippen molar-refractivity contribution < 1.29 is 0 Å². The maximum absolute atomic E-state index is 4.25. The molecule has 1 aromatic heterocycles. The van der Waals surface area contributed by atoms with E-state index in [4.69, 9.17) is 0 Å². The number of rotatable bonds is 2. The topological polar surface area (TPSA) is 25.8 Å². The van der Waals surface area contributed by atoms with Crippen molar-refractivity contribution in [3.8, 4) is 11.4 Å². The van der Waals surface area contributed by atoms with Crippen LogP contribution < -0.4 is 0 Å². The van der Waals surface area contributed by atoms with E-state index in [-0.39, 0.29) is 0 Å². The van der Waals surface area contributed by atoms with Gasteiger partial charge in [-0.25, -0.2) is 9.97 Å². The number of benzene rings is 1. The maximum atomic E-state index is 4.25. The highest BCUT2D eigenvalue weighted by atomic mass is 79.9. The van der Waals surface area contributed by atoms with Crippen molar-refractivity contribution in [3.05, 3.63) is 47.8 Å². The summed E-state index contributed by atoms with van der Waals surface area (Å²) in [6.07, 6.45) is 3.53. The second-order valence-electron chi connectivity index (χ2n) is 3.76. The Balaban J connectivity index is 2.48. The first-order valence-corrected chi connectivity index (χ1v) is 6.12. The van der Waals surface area contributed by atoms with Crippen LogP contribution in [-0.2, 0) is 0 Å². The Kier molecular flexibility index (Phi) is 3.34. The molecule has 3 heteroatoms. The van der Waals surface area contributed by atoms with E-state index < -0.39 is 0 Å². The molecule has 0 N–H and O–H groups in total. The van der Waals surface area contributed by atoms with E-state index >= 15 is 0 Å². The van der Waals surface area contributed by atoms with Crippen LogP contribution in [0.5, 0.6) is 0 Å². The van der Waals surface area contributed by atoms with Gasteiger partial charge in [0.2, 0.25) is 0 Å². The lowest BCUT2D eigenvalue weighted by Gasteiger charge is -2.10. The number of alkyl halides is 1. The summed E-state index contributed by atoms with van der Waals surface area (Å²) in [6, 6.07) is 8.14. The van der Waals surface area contributed by atoms with Gasteiger partial charge < -0.3 is 0 Å². The van der Waals surface area contributed by atoms with Crippen molar-refractivity contribution >= 4 is 15.9 Å². The summed E-state index contributed by atoms with van der Waals surface area (Å²) in [5, 5.41) is 0. The Labute approximate surface area is 104 Å². The van der Waals surface area contributed by atoms with Crippen molar-refractivity contribution in [2.45, 2.75) is 18.7 Å². The number of aromatic nitrogens is 2. The SMILES string of the molecule is Cc1ccc(-c2ncccn2)cc1C(C)Br. The summed E-state index contributed by atoms with van der Waals surface area (Å²) in [5.74, 6) is 0.775. The highest BCUT2D eigenvalue weighted by Crippen LogP contribution is 2.28. The summed E-state index contributed by atoms with van der Waals surface area (Å²) < 4.78 is 0. The van der Waals surface area contributed by atoms with Crippen LogP contribution in [-0.4, -0.2) is 9.97 Å². The molecule has 0 bridgehead atoms. The van der Waals surface area contributed by atoms with Crippen LogP contribution in [0.1, 0.15) is 22.9 Å². The van der Waals surface area contributed by atoms with Crippen LogP contribution in [0, 0.1) is 6.92 Å². The second-order valence-corrected chi connectivity index (χ2v) is 5.13. The minimum atomic E-state index is 0.344. The average molecular weight is 277 g/mol. The van der Waals surface area contributed by atoms with Crippen LogP contribution in [0.4, 0.5) is 0 Å². The smallest absolute Gasteiger partial charge is 0.159 e. The highest BCUT2D eigenvalue weighted by molar-refractivity contribution is 9.09. The van der Waals surface area contributed by atoms with Crippen molar-refractivity contribution in [1.82, 2.24) is 9.97 Å². The Bertz CT molecular complexity index is 481. The fraction of sp³-hybridized carbons (Fsp3) is 0.231. The lowest BCUT2D eigenvalue weighted by Crippen LogP contribution is -1.92. The van der Waals surface area contributed by atoms with Crippen molar-refractivity contribution in [2.75, 3.05) is 0 Å². The third-order valence-corrected chi connectivity index (χ3v) is 3.03. The third kappa shape index (κ3) is 2.30. The quantitative estimate of drug-likeness (QED) is 0.778. The third-order valence-electron chi connectivity index (χ3n) is 2.53. The van der Waals surface area contributed by atoms with Gasteiger partial charge in [-0.15, -0.1) is 0 Å². The molecule has 1 unspecified atom stereocenters. The monoisotopic (exact) mass is 276 g/mol. The van der Waals surface area contributed by atoms with Crippen LogP contribution in [0.25, 0.3) is 11.4 Å². The molecule has 0 aliphatic rings. The van der Waals surface area contributed by atoms with Crippen molar-refractivity contribution in [3.63, 3.8) is 0 Å². The number of hydrogen-bond acceptors (Lipinski definition) is 2. The van der Waals surface area contributed by atoms with Crippen molar-refractivity contribution in [2.24, 2.45) is 0 Å². The Morgan fingerprint density at radius 3 is 2.50 bits per heavy atom. The summed E-state index contributed by atoms with van der Waals surface area (Å²) >= 11 is 3.60. The van der Waals surface area contributed by atoms with Crippen LogP contribution in [0.3, 0.4) is 0 Å². The first-order chi connectivity index (χ1) is 7.68. The number of halogens is 1. The number of nitrogens with zero attached hydrogens (tertiary/aromatic N) is 2. The predicted molar refractivity (Wildman–Crippen MR) is 69.5 cm³/mol. The normalized spacial score (nSPS) is 12.4. The molecule has 1 heterocycles. The molecular weight excluding hydrogens is 264 g/mol. The zero-order valence-corrected chi connectivity index (χ0v) is 10.9. The van der Waals surface area contributed by atoms with Gasteiger partial charge in [0.05, 0.1) is 0 Å². The number of hydrogen-bond donors (Lipinski definition) is 0. The second kappa shape index (κ2) is 4.74. The minimum absolute atomic E-state index is 0.344. The molecule has 0 aliphatic carbocycles. The van der Waals surface area contributed by atoms with Gasteiger partial charge in [-0.1, -0.05) is 28.1 Å². The van der Waals surface area contributed by atoms with E-state index in [1.807, 2.05) is 6.07 Å². The Hall–Kier alpha value is -1.22. The maximum Gasteiger partial charge on any atom is 0.159 e. The summed E-state index contributed by atoms with van der Waals surface area (Å²) in [7, 11) is 0. The lowest BCUT2D eigenvalue weighted by atomic mass is 10.0. The Morgan fingerprint density at radius 1 is 1.19 bits per heavy atom. The van der Waals surface area contributed by atoms with Gasteiger partial charge in [-0.05, 0) is 37.1 Å². The molecule has 16 heavy (non-hydrogen) atoms. The first kappa shape index (κ1) is 11.3. The summed E-state index contributed by atoms with van der Waals surface area (Å²) in [6.45, 7) is 4.24. The van der Waals surface area contributed by atoms with Gasteiger partial charge in [0.25, 0.3) is 0 Å². The average Bonchev–Trinajstić information content (AvgIpc) is 2.30. The van der Waals surface area contributed by atoms with Crippen molar-refractivity contribution in [1.29, 1.82) is 0 Å². The molecule has 0 saturated carbocycles. The van der Waals surface area contributed by atoms with E-state index in [9.17, 15) is 0 Å². The van der Waals surface area contributed by atoms with Gasteiger partial charge in [-0.2, -0.15) is 0 Å². The predicted octanol–water partition coefficient (Wildman–Crippen LogP) is 3.91. The van der Waals surface area contributed by atoms with Gasteiger partial charge in [-0.3, -0.25) is 0 Å². The molecule has 0 aliphatic heterocycles. The molecule has 2 aromatic rings. The molecule has 0 radical (unpaired) electrons. The zero-order valence-electron chi connectivity index (χ0n) is 9.31.